The van der Waals surface area contributed by atoms with Gasteiger partial charge < -0.3 is 15.2 Å². The SMILES string of the molecule is CCc1nncn1CCNC(=NC)NCc1cnn(Cc2ccccc2)c1.I. The standard InChI is InChI=1S/C19H26N8.HI/c1-3-18-25-23-15-26(18)10-9-21-19(20-2)22-11-17-12-24-27(14-17)13-16-7-5-4-6-8-16;/h4-8,12,14-15H,3,9-11,13H2,1-2H3,(H2,20,21,22);1H. The molecule has 0 fully saturated rings. The summed E-state index contributed by atoms with van der Waals surface area (Å²) in [6.07, 6.45) is 6.57. The Kier molecular flexibility index (Phi) is 8.92. The molecule has 2 aromatic heterocycles. The first kappa shape index (κ1) is 21.9. The van der Waals surface area contributed by atoms with E-state index in [2.05, 4.69) is 56.2 Å². The van der Waals surface area contributed by atoms with E-state index >= 15 is 0 Å². The van der Waals surface area contributed by atoms with E-state index in [0.717, 1.165) is 43.4 Å². The van der Waals surface area contributed by atoms with Crippen LogP contribution in [0.25, 0.3) is 0 Å². The number of rotatable bonds is 8. The van der Waals surface area contributed by atoms with Crippen molar-refractivity contribution in [3.63, 3.8) is 0 Å². The molecule has 0 spiro atoms. The Morgan fingerprint density at radius 3 is 2.71 bits per heavy atom. The summed E-state index contributed by atoms with van der Waals surface area (Å²) in [6, 6.07) is 10.3. The number of hydrogen-bond acceptors (Lipinski definition) is 4. The highest BCUT2D eigenvalue weighted by atomic mass is 127. The van der Waals surface area contributed by atoms with E-state index in [0.29, 0.717) is 6.54 Å². The van der Waals surface area contributed by atoms with Crippen molar-refractivity contribution in [3.05, 3.63) is 66.0 Å². The third-order valence-corrected chi connectivity index (χ3v) is 4.21. The molecule has 9 heteroatoms. The maximum Gasteiger partial charge on any atom is 0.191 e. The van der Waals surface area contributed by atoms with Crippen LogP contribution in [0, 0.1) is 0 Å². The molecule has 1 aromatic carbocycles. The van der Waals surface area contributed by atoms with Crippen molar-refractivity contribution in [2.45, 2.75) is 33.0 Å². The Hall–Kier alpha value is -2.43. The quantitative estimate of drug-likeness (QED) is 0.285. The molecule has 3 aromatic rings. The van der Waals surface area contributed by atoms with Crippen molar-refractivity contribution in [1.82, 2.24) is 35.2 Å². The molecule has 0 bridgehead atoms. The Morgan fingerprint density at radius 2 is 1.96 bits per heavy atom. The second kappa shape index (κ2) is 11.4. The van der Waals surface area contributed by atoms with E-state index in [-0.39, 0.29) is 24.0 Å². The van der Waals surface area contributed by atoms with Gasteiger partial charge in [0.25, 0.3) is 0 Å². The fourth-order valence-corrected chi connectivity index (χ4v) is 2.80. The van der Waals surface area contributed by atoms with Crippen LogP contribution in [0.2, 0.25) is 0 Å². The van der Waals surface area contributed by atoms with E-state index in [1.54, 1.807) is 13.4 Å². The minimum Gasteiger partial charge on any atom is -0.355 e. The Labute approximate surface area is 182 Å². The highest BCUT2D eigenvalue weighted by molar-refractivity contribution is 14.0. The largest absolute Gasteiger partial charge is 0.355 e. The number of aryl methyl sites for hydroxylation is 1. The minimum atomic E-state index is 0. The first-order valence-electron chi connectivity index (χ1n) is 9.15. The van der Waals surface area contributed by atoms with Crippen LogP contribution in [-0.4, -0.2) is 44.1 Å². The third kappa shape index (κ3) is 6.32. The van der Waals surface area contributed by atoms with E-state index in [9.17, 15) is 0 Å². The Balaban J connectivity index is 0.00000280. The van der Waals surface area contributed by atoms with Crippen molar-refractivity contribution < 1.29 is 0 Å². The predicted octanol–water partition coefficient (Wildman–Crippen LogP) is 2.07. The van der Waals surface area contributed by atoms with Crippen LogP contribution in [0.4, 0.5) is 0 Å². The van der Waals surface area contributed by atoms with Crippen LogP contribution in [0.15, 0.2) is 54.0 Å². The molecule has 0 radical (unpaired) electrons. The van der Waals surface area contributed by atoms with Crippen LogP contribution in [0.3, 0.4) is 0 Å². The Morgan fingerprint density at radius 1 is 1.14 bits per heavy atom. The van der Waals surface area contributed by atoms with Gasteiger partial charge in [0, 0.05) is 44.9 Å². The van der Waals surface area contributed by atoms with Gasteiger partial charge in [-0.05, 0) is 5.56 Å². The summed E-state index contributed by atoms with van der Waals surface area (Å²) in [5.41, 5.74) is 2.35. The van der Waals surface area contributed by atoms with Crippen molar-refractivity contribution in [2.24, 2.45) is 4.99 Å². The number of guanidine groups is 1. The molecular weight excluding hydrogens is 467 g/mol. The van der Waals surface area contributed by atoms with Crippen molar-refractivity contribution in [1.29, 1.82) is 0 Å². The molecule has 2 N–H and O–H groups in total. The summed E-state index contributed by atoms with van der Waals surface area (Å²) < 4.78 is 3.99. The number of nitrogens with one attached hydrogen (secondary N) is 2. The summed E-state index contributed by atoms with van der Waals surface area (Å²) in [4.78, 5) is 4.27. The minimum absolute atomic E-state index is 0. The number of nitrogens with zero attached hydrogens (tertiary/aromatic N) is 6. The van der Waals surface area contributed by atoms with Crippen LogP contribution in [-0.2, 0) is 26.1 Å². The molecule has 3 rings (SSSR count). The van der Waals surface area contributed by atoms with Crippen molar-refractivity contribution in [2.75, 3.05) is 13.6 Å². The zero-order valence-corrected chi connectivity index (χ0v) is 18.6. The second-order valence-electron chi connectivity index (χ2n) is 6.18. The fourth-order valence-electron chi connectivity index (χ4n) is 2.80. The van der Waals surface area contributed by atoms with Gasteiger partial charge >= 0.3 is 0 Å². The van der Waals surface area contributed by atoms with E-state index < -0.39 is 0 Å². The van der Waals surface area contributed by atoms with Gasteiger partial charge in [-0.1, -0.05) is 37.3 Å². The molecule has 0 aliphatic rings. The number of benzene rings is 1. The zero-order chi connectivity index (χ0) is 18.9. The average molecular weight is 494 g/mol. The topological polar surface area (TPSA) is 84.9 Å². The van der Waals surface area contributed by atoms with Gasteiger partial charge in [0.15, 0.2) is 5.96 Å². The Bertz CT molecular complexity index is 856. The molecule has 0 aliphatic heterocycles. The lowest BCUT2D eigenvalue weighted by Gasteiger charge is -2.12. The molecule has 28 heavy (non-hydrogen) atoms. The predicted molar refractivity (Wildman–Crippen MR) is 121 cm³/mol. The van der Waals surface area contributed by atoms with Gasteiger partial charge in [-0.2, -0.15) is 5.10 Å². The van der Waals surface area contributed by atoms with E-state index in [1.807, 2.05) is 33.6 Å². The maximum absolute atomic E-state index is 4.43. The zero-order valence-electron chi connectivity index (χ0n) is 16.2. The summed E-state index contributed by atoms with van der Waals surface area (Å²) in [5.74, 6) is 1.75. The van der Waals surface area contributed by atoms with Crippen molar-refractivity contribution >= 4 is 29.9 Å². The number of hydrogen-bond donors (Lipinski definition) is 2. The lowest BCUT2D eigenvalue weighted by Crippen LogP contribution is -2.38. The second-order valence-corrected chi connectivity index (χ2v) is 6.18. The fraction of sp³-hybridized carbons (Fsp3) is 0.368. The molecule has 8 nitrogen and oxygen atoms in total. The first-order valence-corrected chi connectivity index (χ1v) is 9.15. The molecule has 0 aliphatic carbocycles. The van der Waals surface area contributed by atoms with Gasteiger partial charge in [0.1, 0.15) is 12.2 Å². The molecule has 2 heterocycles. The molecule has 0 saturated carbocycles. The highest BCUT2D eigenvalue weighted by Gasteiger charge is 2.04. The van der Waals surface area contributed by atoms with Gasteiger partial charge in [-0.25, -0.2) is 0 Å². The number of halogens is 1. The summed E-state index contributed by atoms with van der Waals surface area (Å²) in [7, 11) is 1.77. The van der Waals surface area contributed by atoms with Gasteiger partial charge in [-0.15, -0.1) is 34.2 Å². The van der Waals surface area contributed by atoms with Crippen LogP contribution < -0.4 is 10.6 Å². The molecule has 150 valence electrons. The third-order valence-electron chi connectivity index (χ3n) is 4.21. The van der Waals surface area contributed by atoms with Gasteiger partial charge in [-0.3, -0.25) is 9.67 Å². The smallest absolute Gasteiger partial charge is 0.191 e. The summed E-state index contributed by atoms with van der Waals surface area (Å²) in [6.45, 7) is 5.06. The molecule has 0 unspecified atom stereocenters. The normalized spacial score (nSPS) is 11.1. The first-order chi connectivity index (χ1) is 13.3. The molecule has 0 atom stereocenters. The van der Waals surface area contributed by atoms with Crippen LogP contribution in [0.1, 0.15) is 23.9 Å². The molecular formula is C19H27IN8. The van der Waals surface area contributed by atoms with Gasteiger partial charge in [0.2, 0.25) is 0 Å². The van der Waals surface area contributed by atoms with E-state index in [4.69, 9.17) is 0 Å². The summed E-state index contributed by atoms with van der Waals surface area (Å²) in [5, 5.41) is 19.1. The van der Waals surface area contributed by atoms with Crippen LogP contribution in [0.5, 0.6) is 0 Å². The van der Waals surface area contributed by atoms with Crippen molar-refractivity contribution in [3.8, 4) is 0 Å². The summed E-state index contributed by atoms with van der Waals surface area (Å²) >= 11 is 0. The van der Waals surface area contributed by atoms with Crippen LogP contribution >= 0.6 is 24.0 Å². The number of aromatic nitrogens is 5. The maximum atomic E-state index is 4.43. The highest BCUT2D eigenvalue weighted by Crippen LogP contribution is 2.04. The van der Waals surface area contributed by atoms with E-state index in [1.165, 1.54) is 5.56 Å². The average Bonchev–Trinajstić information content (AvgIpc) is 3.34. The molecule has 0 saturated heterocycles. The lowest BCUT2D eigenvalue weighted by atomic mass is 10.2. The lowest BCUT2D eigenvalue weighted by molar-refractivity contribution is 0.632. The molecule has 0 amide bonds. The monoisotopic (exact) mass is 494 g/mol. The number of aliphatic imine (C=N–C) groups is 1. The van der Waals surface area contributed by atoms with Gasteiger partial charge in [0.05, 0.1) is 12.7 Å².